The van der Waals surface area contributed by atoms with Gasteiger partial charge in [0, 0.05) is 5.56 Å². The molecule has 2 aromatic rings. The van der Waals surface area contributed by atoms with E-state index in [1.165, 1.54) is 5.56 Å². The van der Waals surface area contributed by atoms with Crippen molar-refractivity contribution in [1.82, 2.24) is 0 Å². The van der Waals surface area contributed by atoms with Gasteiger partial charge in [0.1, 0.15) is 0 Å². The summed E-state index contributed by atoms with van der Waals surface area (Å²) in [5, 5.41) is 0. The first kappa shape index (κ1) is 13.0. The van der Waals surface area contributed by atoms with Crippen LogP contribution in [0.4, 0.5) is 8.78 Å². The third kappa shape index (κ3) is 2.51. The van der Waals surface area contributed by atoms with Crippen LogP contribution in [-0.2, 0) is 0 Å². The van der Waals surface area contributed by atoms with Crippen molar-refractivity contribution in [2.45, 2.75) is 25.2 Å². The molecule has 1 aliphatic carbocycles. The predicted octanol–water partition coefficient (Wildman–Crippen LogP) is 5.32. The number of hydrogen-bond donors (Lipinski definition) is 0. The van der Waals surface area contributed by atoms with Crippen LogP contribution in [0.25, 0.3) is 5.57 Å². The zero-order chi connectivity index (χ0) is 13.9. The Labute approximate surface area is 117 Å². The Bertz CT molecular complexity index is 629. The fraction of sp³-hybridized carbons (Fsp3) is 0.222. The van der Waals surface area contributed by atoms with E-state index in [9.17, 15) is 8.78 Å². The summed E-state index contributed by atoms with van der Waals surface area (Å²) in [6.07, 6.45) is 4.71. The van der Waals surface area contributed by atoms with Crippen LogP contribution in [0.1, 0.15) is 36.3 Å². The molecule has 0 saturated heterocycles. The van der Waals surface area contributed by atoms with Gasteiger partial charge in [-0.2, -0.15) is 0 Å². The molecule has 0 bridgehead atoms. The normalized spacial score (nSPS) is 18.7. The number of hydrogen-bond acceptors (Lipinski definition) is 0. The third-order valence-electron chi connectivity index (χ3n) is 3.98. The molecule has 0 amide bonds. The van der Waals surface area contributed by atoms with Crippen molar-refractivity contribution < 1.29 is 8.78 Å². The Morgan fingerprint density at radius 2 is 1.70 bits per heavy atom. The number of rotatable bonds is 2. The van der Waals surface area contributed by atoms with Gasteiger partial charge in [0.15, 0.2) is 11.6 Å². The van der Waals surface area contributed by atoms with E-state index >= 15 is 0 Å². The van der Waals surface area contributed by atoms with Crippen molar-refractivity contribution >= 4 is 5.57 Å². The third-order valence-corrected chi connectivity index (χ3v) is 3.98. The van der Waals surface area contributed by atoms with E-state index in [0.29, 0.717) is 11.5 Å². The van der Waals surface area contributed by atoms with Gasteiger partial charge in [0.05, 0.1) is 0 Å². The largest absolute Gasteiger partial charge is 0.204 e. The Hall–Kier alpha value is -1.96. The van der Waals surface area contributed by atoms with Crippen LogP contribution in [-0.4, -0.2) is 0 Å². The molecule has 0 saturated carbocycles. The molecule has 0 heterocycles. The van der Waals surface area contributed by atoms with Crippen LogP contribution in [0.2, 0.25) is 0 Å². The number of allylic oxidation sites excluding steroid dienone is 2. The fourth-order valence-corrected chi connectivity index (χ4v) is 2.86. The van der Waals surface area contributed by atoms with Crippen LogP contribution in [0.3, 0.4) is 0 Å². The quantitative estimate of drug-likeness (QED) is 0.693. The van der Waals surface area contributed by atoms with Crippen molar-refractivity contribution in [2.24, 2.45) is 0 Å². The van der Waals surface area contributed by atoms with Crippen LogP contribution in [0, 0.1) is 11.6 Å². The average Bonchev–Trinajstić information content (AvgIpc) is 2.51. The smallest absolute Gasteiger partial charge is 0.166 e. The highest BCUT2D eigenvalue weighted by atomic mass is 19.2. The predicted molar refractivity (Wildman–Crippen MR) is 77.4 cm³/mol. The van der Waals surface area contributed by atoms with Gasteiger partial charge in [-0.25, -0.2) is 8.78 Å². The minimum Gasteiger partial charge on any atom is -0.204 e. The summed E-state index contributed by atoms with van der Waals surface area (Å²) in [5.41, 5.74) is 2.66. The molecule has 0 aliphatic heterocycles. The summed E-state index contributed by atoms with van der Waals surface area (Å²) in [6, 6.07) is 14.7. The van der Waals surface area contributed by atoms with E-state index in [1.807, 2.05) is 18.2 Å². The van der Waals surface area contributed by atoms with Gasteiger partial charge < -0.3 is 0 Å². The van der Waals surface area contributed by atoms with E-state index in [2.05, 4.69) is 18.2 Å². The van der Waals surface area contributed by atoms with Crippen LogP contribution in [0.5, 0.6) is 0 Å². The number of benzene rings is 2. The zero-order valence-corrected chi connectivity index (χ0v) is 11.2. The first-order chi connectivity index (χ1) is 9.75. The summed E-state index contributed by atoms with van der Waals surface area (Å²) in [7, 11) is 0. The van der Waals surface area contributed by atoms with E-state index < -0.39 is 11.6 Å². The summed E-state index contributed by atoms with van der Waals surface area (Å²) >= 11 is 0. The van der Waals surface area contributed by atoms with E-state index in [4.69, 9.17) is 0 Å². The Kier molecular flexibility index (Phi) is 3.64. The average molecular weight is 270 g/mol. The lowest BCUT2D eigenvalue weighted by molar-refractivity contribution is 0.505. The molecule has 0 fully saturated rings. The van der Waals surface area contributed by atoms with Gasteiger partial charge in [-0.15, -0.1) is 0 Å². The lowest BCUT2D eigenvalue weighted by atomic mass is 9.82. The monoisotopic (exact) mass is 270 g/mol. The second-order valence-corrected chi connectivity index (χ2v) is 5.21. The van der Waals surface area contributed by atoms with Gasteiger partial charge >= 0.3 is 0 Å². The molecule has 1 atom stereocenters. The van der Waals surface area contributed by atoms with Gasteiger partial charge in [0.25, 0.3) is 0 Å². The molecule has 0 N–H and O–H groups in total. The van der Waals surface area contributed by atoms with E-state index in [1.54, 1.807) is 12.1 Å². The molecule has 1 unspecified atom stereocenters. The highest BCUT2D eigenvalue weighted by Crippen LogP contribution is 2.36. The maximum atomic E-state index is 13.8. The first-order valence-corrected chi connectivity index (χ1v) is 6.94. The highest BCUT2D eigenvalue weighted by Gasteiger charge is 2.19. The molecule has 0 aromatic heterocycles. The molecule has 2 aromatic carbocycles. The van der Waals surface area contributed by atoms with E-state index in [-0.39, 0.29) is 0 Å². The highest BCUT2D eigenvalue weighted by molar-refractivity contribution is 5.67. The van der Waals surface area contributed by atoms with Crippen LogP contribution < -0.4 is 0 Å². The first-order valence-electron chi connectivity index (χ1n) is 6.94. The molecule has 2 heteroatoms. The van der Waals surface area contributed by atoms with Crippen molar-refractivity contribution in [2.75, 3.05) is 0 Å². The van der Waals surface area contributed by atoms with Crippen molar-refractivity contribution in [1.29, 1.82) is 0 Å². The molecule has 0 nitrogen and oxygen atoms in total. The summed E-state index contributed by atoms with van der Waals surface area (Å²) in [6.45, 7) is 0. The minimum absolute atomic E-state index is 0.413. The lowest BCUT2D eigenvalue weighted by Crippen LogP contribution is -2.05. The molecule has 20 heavy (non-hydrogen) atoms. The summed E-state index contributed by atoms with van der Waals surface area (Å²) < 4.78 is 27.1. The minimum atomic E-state index is -0.770. The SMILES string of the molecule is Fc1cccc(C2=CCC(c3ccccc3)CC2)c1F. The van der Waals surface area contributed by atoms with Crippen LogP contribution in [0.15, 0.2) is 54.6 Å². The maximum absolute atomic E-state index is 13.8. The van der Waals surface area contributed by atoms with Gasteiger partial charge in [-0.3, -0.25) is 0 Å². The van der Waals surface area contributed by atoms with Gasteiger partial charge in [0.2, 0.25) is 0 Å². The maximum Gasteiger partial charge on any atom is 0.166 e. The van der Waals surface area contributed by atoms with Crippen molar-refractivity contribution in [3.8, 4) is 0 Å². The standard InChI is InChI=1S/C18H16F2/c19-17-8-4-7-16(18(17)20)15-11-9-14(10-12-15)13-5-2-1-3-6-13/h1-8,11,14H,9-10,12H2. The Morgan fingerprint density at radius 1 is 0.900 bits per heavy atom. The Balaban J connectivity index is 1.82. The second-order valence-electron chi connectivity index (χ2n) is 5.21. The summed E-state index contributed by atoms with van der Waals surface area (Å²) in [5.74, 6) is -1.01. The van der Waals surface area contributed by atoms with Crippen molar-refractivity contribution in [3.05, 3.63) is 77.4 Å². The Morgan fingerprint density at radius 3 is 2.40 bits per heavy atom. The van der Waals surface area contributed by atoms with Crippen molar-refractivity contribution in [3.63, 3.8) is 0 Å². The fourth-order valence-electron chi connectivity index (χ4n) is 2.86. The second kappa shape index (κ2) is 5.58. The molecule has 1 aliphatic rings. The lowest BCUT2D eigenvalue weighted by Gasteiger charge is -2.22. The van der Waals surface area contributed by atoms with Gasteiger partial charge in [-0.1, -0.05) is 48.5 Å². The van der Waals surface area contributed by atoms with E-state index in [0.717, 1.165) is 30.9 Å². The topological polar surface area (TPSA) is 0 Å². The molecule has 102 valence electrons. The summed E-state index contributed by atoms with van der Waals surface area (Å²) in [4.78, 5) is 0. The van der Waals surface area contributed by atoms with Crippen LogP contribution >= 0.6 is 0 Å². The van der Waals surface area contributed by atoms with Gasteiger partial charge in [-0.05, 0) is 42.4 Å². The molecular weight excluding hydrogens is 254 g/mol. The molecule has 3 rings (SSSR count). The zero-order valence-electron chi connectivity index (χ0n) is 11.2. The molecular formula is C18H16F2. The molecule has 0 spiro atoms. The number of halogens is 2. The molecule has 0 radical (unpaired) electrons.